The molecule has 2 aromatic rings. The molecule has 0 spiro atoms. The number of rotatable bonds is 7. The molecular formula is C24H30FNO4. The quantitative estimate of drug-likeness (QED) is 0.670. The molecule has 0 fully saturated rings. The standard InChI is InChI=1S/C24H30FNO4/c1-15(2)21(23(28)30-14-17-13-19(25)11-12-20(17)29-6)26-22(27)16-7-9-18(10-8-16)24(3,4)5/h7-13,15,21H,14H2,1-6H3,(H,26,27)/t21-/m0/s1. The number of benzene rings is 2. The molecule has 162 valence electrons. The minimum absolute atomic E-state index is 0.0166. The molecule has 0 saturated carbocycles. The van der Waals surface area contributed by atoms with Gasteiger partial charge in [0.2, 0.25) is 0 Å². The van der Waals surface area contributed by atoms with Crippen LogP contribution in [0.4, 0.5) is 4.39 Å². The van der Waals surface area contributed by atoms with Gasteiger partial charge >= 0.3 is 5.97 Å². The van der Waals surface area contributed by atoms with Crippen molar-refractivity contribution in [2.24, 2.45) is 5.92 Å². The summed E-state index contributed by atoms with van der Waals surface area (Å²) in [4.78, 5) is 25.3. The minimum atomic E-state index is -0.834. The Balaban J connectivity index is 2.07. The van der Waals surface area contributed by atoms with E-state index >= 15 is 0 Å². The van der Waals surface area contributed by atoms with Crippen LogP contribution in [0.15, 0.2) is 42.5 Å². The van der Waals surface area contributed by atoms with Gasteiger partial charge in [-0.25, -0.2) is 9.18 Å². The highest BCUT2D eigenvalue weighted by atomic mass is 19.1. The number of halogens is 1. The minimum Gasteiger partial charge on any atom is -0.496 e. The van der Waals surface area contributed by atoms with Crippen molar-refractivity contribution in [1.82, 2.24) is 5.32 Å². The molecular weight excluding hydrogens is 385 g/mol. The molecule has 1 amide bonds. The molecule has 30 heavy (non-hydrogen) atoms. The number of carbonyl (C=O) groups excluding carboxylic acids is 2. The lowest BCUT2D eigenvalue weighted by Gasteiger charge is -2.22. The summed E-state index contributed by atoms with van der Waals surface area (Å²) in [7, 11) is 1.46. The molecule has 0 heterocycles. The van der Waals surface area contributed by atoms with Gasteiger partial charge in [-0.05, 0) is 47.2 Å². The molecule has 2 aromatic carbocycles. The van der Waals surface area contributed by atoms with Crippen molar-refractivity contribution in [2.45, 2.75) is 52.7 Å². The van der Waals surface area contributed by atoms with E-state index in [0.29, 0.717) is 16.9 Å². The first-order valence-electron chi connectivity index (χ1n) is 9.93. The lowest BCUT2D eigenvalue weighted by molar-refractivity contribution is -0.148. The van der Waals surface area contributed by atoms with E-state index in [9.17, 15) is 14.0 Å². The van der Waals surface area contributed by atoms with Crippen LogP contribution in [0.2, 0.25) is 0 Å². The predicted octanol–water partition coefficient (Wildman–Crippen LogP) is 4.63. The van der Waals surface area contributed by atoms with Crippen molar-refractivity contribution in [2.75, 3.05) is 7.11 Å². The molecule has 0 aliphatic rings. The van der Waals surface area contributed by atoms with E-state index in [1.807, 2.05) is 26.0 Å². The van der Waals surface area contributed by atoms with Gasteiger partial charge in [0, 0.05) is 11.1 Å². The van der Waals surface area contributed by atoms with Crippen LogP contribution in [-0.2, 0) is 21.6 Å². The molecule has 0 unspecified atom stereocenters. The number of amides is 1. The Morgan fingerprint density at radius 1 is 1.07 bits per heavy atom. The fraction of sp³-hybridized carbons (Fsp3) is 0.417. The first kappa shape index (κ1) is 23.4. The summed E-state index contributed by atoms with van der Waals surface area (Å²) in [6.45, 7) is 9.77. The van der Waals surface area contributed by atoms with E-state index in [-0.39, 0.29) is 23.8 Å². The van der Waals surface area contributed by atoms with Crippen molar-refractivity contribution < 1.29 is 23.5 Å². The third-order valence-electron chi connectivity index (χ3n) is 4.83. The maximum atomic E-state index is 13.5. The molecule has 1 N–H and O–H groups in total. The van der Waals surface area contributed by atoms with E-state index in [2.05, 4.69) is 26.1 Å². The largest absolute Gasteiger partial charge is 0.496 e. The van der Waals surface area contributed by atoms with Gasteiger partial charge in [-0.1, -0.05) is 46.8 Å². The lowest BCUT2D eigenvalue weighted by atomic mass is 9.86. The van der Waals surface area contributed by atoms with Crippen molar-refractivity contribution in [3.05, 3.63) is 65.0 Å². The maximum Gasteiger partial charge on any atom is 0.329 e. The van der Waals surface area contributed by atoms with Gasteiger partial charge in [0.05, 0.1) is 7.11 Å². The normalized spacial score (nSPS) is 12.4. The van der Waals surface area contributed by atoms with Crippen molar-refractivity contribution in [3.63, 3.8) is 0 Å². The van der Waals surface area contributed by atoms with Crippen molar-refractivity contribution >= 4 is 11.9 Å². The zero-order valence-corrected chi connectivity index (χ0v) is 18.4. The molecule has 0 aromatic heterocycles. The molecule has 0 aliphatic carbocycles. The zero-order valence-electron chi connectivity index (χ0n) is 18.4. The lowest BCUT2D eigenvalue weighted by Crippen LogP contribution is -2.45. The molecule has 0 saturated heterocycles. The average Bonchev–Trinajstić information content (AvgIpc) is 2.69. The summed E-state index contributed by atoms with van der Waals surface area (Å²) in [5.74, 6) is -1.15. The van der Waals surface area contributed by atoms with Gasteiger partial charge in [-0.15, -0.1) is 0 Å². The monoisotopic (exact) mass is 415 g/mol. The van der Waals surface area contributed by atoms with Crippen molar-refractivity contribution in [3.8, 4) is 5.75 Å². The molecule has 1 atom stereocenters. The Kier molecular flexibility index (Phi) is 7.59. The first-order valence-corrected chi connectivity index (χ1v) is 9.93. The van der Waals surface area contributed by atoms with Crippen LogP contribution in [-0.4, -0.2) is 25.0 Å². The number of esters is 1. The third-order valence-corrected chi connectivity index (χ3v) is 4.83. The topological polar surface area (TPSA) is 64.6 Å². The molecule has 5 nitrogen and oxygen atoms in total. The predicted molar refractivity (Wildman–Crippen MR) is 114 cm³/mol. The second-order valence-electron chi connectivity index (χ2n) is 8.59. The van der Waals surface area contributed by atoms with E-state index in [0.717, 1.165) is 5.56 Å². The maximum absolute atomic E-state index is 13.5. The molecule has 0 aliphatic heterocycles. The van der Waals surface area contributed by atoms with Gasteiger partial charge in [0.25, 0.3) is 5.91 Å². The summed E-state index contributed by atoms with van der Waals surface area (Å²) in [6.07, 6.45) is 0. The fourth-order valence-electron chi connectivity index (χ4n) is 2.94. The molecule has 2 rings (SSSR count). The van der Waals surface area contributed by atoms with E-state index < -0.39 is 17.8 Å². The Bertz CT molecular complexity index is 885. The smallest absolute Gasteiger partial charge is 0.329 e. The number of methoxy groups -OCH3 is 1. The number of hydrogen-bond donors (Lipinski definition) is 1. The average molecular weight is 416 g/mol. The number of nitrogens with one attached hydrogen (secondary N) is 1. The summed E-state index contributed by atoms with van der Waals surface area (Å²) < 4.78 is 24.0. The Morgan fingerprint density at radius 2 is 1.70 bits per heavy atom. The molecule has 0 radical (unpaired) electrons. The summed E-state index contributed by atoms with van der Waals surface area (Å²) in [6, 6.07) is 10.5. The van der Waals surface area contributed by atoms with Gasteiger partial charge in [0.15, 0.2) is 0 Å². The van der Waals surface area contributed by atoms with E-state index in [4.69, 9.17) is 9.47 Å². The third kappa shape index (κ3) is 6.05. The number of hydrogen-bond acceptors (Lipinski definition) is 4. The van der Waals surface area contributed by atoms with E-state index in [1.165, 1.54) is 25.3 Å². The van der Waals surface area contributed by atoms with Gasteiger partial charge < -0.3 is 14.8 Å². The first-order chi connectivity index (χ1) is 14.0. The Labute approximate surface area is 177 Å². The van der Waals surface area contributed by atoms with Crippen LogP contribution >= 0.6 is 0 Å². The van der Waals surface area contributed by atoms with Gasteiger partial charge in [-0.3, -0.25) is 4.79 Å². The van der Waals surface area contributed by atoms with E-state index in [1.54, 1.807) is 12.1 Å². The number of ether oxygens (including phenoxy) is 2. The van der Waals surface area contributed by atoms with Crippen LogP contribution in [0.1, 0.15) is 56.1 Å². The SMILES string of the molecule is COc1ccc(F)cc1COC(=O)[C@@H](NC(=O)c1ccc(C(C)(C)C)cc1)C(C)C. The van der Waals surface area contributed by atoms with Crippen LogP contribution < -0.4 is 10.1 Å². The summed E-state index contributed by atoms with van der Waals surface area (Å²) in [5.41, 5.74) is 1.98. The highest BCUT2D eigenvalue weighted by Crippen LogP contribution is 2.23. The van der Waals surface area contributed by atoms with Crippen LogP contribution in [0, 0.1) is 11.7 Å². The molecule has 0 bridgehead atoms. The van der Waals surface area contributed by atoms with Crippen LogP contribution in [0.3, 0.4) is 0 Å². The summed E-state index contributed by atoms with van der Waals surface area (Å²) in [5, 5.41) is 2.75. The summed E-state index contributed by atoms with van der Waals surface area (Å²) >= 11 is 0. The van der Waals surface area contributed by atoms with Crippen molar-refractivity contribution in [1.29, 1.82) is 0 Å². The van der Waals surface area contributed by atoms with Gasteiger partial charge in [-0.2, -0.15) is 0 Å². The second-order valence-corrected chi connectivity index (χ2v) is 8.59. The van der Waals surface area contributed by atoms with Crippen LogP contribution in [0.25, 0.3) is 0 Å². The Hall–Kier alpha value is -2.89. The fourth-order valence-corrected chi connectivity index (χ4v) is 2.94. The Morgan fingerprint density at radius 3 is 2.23 bits per heavy atom. The van der Waals surface area contributed by atoms with Crippen LogP contribution in [0.5, 0.6) is 5.75 Å². The van der Waals surface area contributed by atoms with Gasteiger partial charge in [0.1, 0.15) is 24.2 Å². The number of carbonyl (C=O) groups is 2. The second kappa shape index (κ2) is 9.74. The highest BCUT2D eigenvalue weighted by molar-refractivity contribution is 5.96. The highest BCUT2D eigenvalue weighted by Gasteiger charge is 2.27. The molecule has 6 heteroatoms. The zero-order chi connectivity index (χ0) is 22.5.